The van der Waals surface area contributed by atoms with Crippen LogP contribution < -0.4 is 10.6 Å². The molecule has 3 heterocycles. The second-order valence-corrected chi connectivity index (χ2v) is 4.10. The molecule has 0 amide bonds. The molecular formula is C11H13N7. The molecule has 0 saturated carbocycles. The predicted molar refractivity (Wildman–Crippen MR) is 66.7 cm³/mol. The maximum atomic E-state index is 5.73. The number of nitrogens with zero attached hydrogens (tertiary/aromatic N) is 6. The Labute approximate surface area is 104 Å². The van der Waals surface area contributed by atoms with E-state index in [9.17, 15) is 0 Å². The van der Waals surface area contributed by atoms with Crippen molar-refractivity contribution in [2.45, 2.75) is 12.8 Å². The summed E-state index contributed by atoms with van der Waals surface area (Å²) in [4.78, 5) is 23.0. The van der Waals surface area contributed by atoms with Gasteiger partial charge in [0.25, 0.3) is 0 Å². The smallest absolute Gasteiger partial charge is 0.230 e. The topological polar surface area (TPSA) is 93.7 Å². The molecule has 3 rings (SSSR count). The number of nitrogen functional groups attached to an aromatic ring is 1. The zero-order valence-corrected chi connectivity index (χ0v) is 9.82. The van der Waals surface area contributed by atoms with Gasteiger partial charge < -0.3 is 10.6 Å². The fourth-order valence-corrected chi connectivity index (χ4v) is 1.97. The summed E-state index contributed by atoms with van der Waals surface area (Å²) in [6.07, 6.45) is 7.14. The van der Waals surface area contributed by atoms with Crippen LogP contribution in [0.15, 0.2) is 18.6 Å². The summed E-state index contributed by atoms with van der Waals surface area (Å²) in [7, 11) is 0. The van der Waals surface area contributed by atoms with E-state index in [2.05, 4.69) is 29.8 Å². The molecule has 0 aliphatic carbocycles. The second kappa shape index (κ2) is 4.52. The van der Waals surface area contributed by atoms with Crippen LogP contribution in [0.4, 0.5) is 11.9 Å². The van der Waals surface area contributed by atoms with Gasteiger partial charge in [0.05, 0.1) is 6.20 Å². The van der Waals surface area contributed by atoms with Crippen molar-refractivity contribution >= 4 is 11.9 Å². The highest BCUT2D eigenvalue weighted by molar-refractivity contribution is 5.52. The van der Waals surface area contributed by atoms with Gasteiger partial charge >= 0.3 is 0 Å². The lowest BCUT2D eigenvalue weighted by atomic mass is 10.4. The Kier molecular flexibility index (Phi) is 2.71. The monoisotopic (exact) mass is 243 g/mol. The van der Waals surface area contributed by atoms with E-state index in [4.69, 9.17) is 5.73 Å². The molecule has 7 heteroatoms. The van der Waals surface area contributed by atoms with E-state index in [0.717, 1.165) is 25.9 Å². The SMILES string of the molecule is Nc1nc(-c2cnccn2)nc(N2CCCC2)n1. The van der Waals surface area contributed by atoms with E-state index in [1.807, 2.05) is 0 Å². The summed E-state index contributed by atoms with van der Waals surface area (Å²) in [6.45, 7) is 1.92. The minimum absolute atomic E-state index is 0.215. The Bertz CT molecular complexity index is 536. The van der Waals surface area contributed by atoms with E-state index >= 15 is 0 Å². The van der Waals surface area contributed by atoms with Crippen LogP contribution in [0.5, 0.6) is 0 Å². The lowest BCUT2D eigenvalue weighted by Gasteiger charge is -2.15. The Hall–Kier alpha value is -2.31. The van der Waals surface area contributed by atoms with Crippen LogP contribution in [0, 0.1) is 0 Å². The van der Waals surface area contributed by atoms with Crippen LogP contribution in [0.2, 0.25) is 0 Å². The first-order valence-corrected chi connectivity index (χ1v) is 5.86. The van der Waals surface area contributed by atoms with Crippen molar-refractivity contribution < 1.29 is 0 Å². The molecule has 0 aromatic carbocycles. The molecule has 92 valence electrons. The average molecular weight is 243 g/mol. The van der Waals surface area contributed by atoms with Crippen molar-refractivity contribution in [3.63, 3.8) is 0 Å². The predicted octanol–water partition coefficient (Wildman–Crippen LogP) is 0.511. The first kappa shape index (κ1) is 10.8. The van der Waals surface area contributed by atoms with Gasteiger partial charge in [0.2, 0.25) is 11.9 Å². The Balaban J connectivity index is 2.00. The molecule has 0 atom stereocenters. The summed E-state index contributed by atoms with van der Waals surface area (Å²) in [5.41, 5.74) is 6.33. The first-order chi connectivity index (χ1) is 8.83. The molecule has 1 aliphatic rings. The van der Waals surface area contributed by atoms with E-state index in [1.165, 1.54) is 0 Å². The lowest BCUT2D eigenvalue weighted by molar-refractivity contribution is 0.885. The molecule has 1 saturated heterocycles. The average Bonchev–Trinajstić information content (AvgIpc) is 2.93. The van der Waals surface area contributed by atoms with Gasteiger partial charge in [-0.3, -0.25) is 4.98 Å². The van der Waals surface area contributed by atoms with Gasteiger partial charge in [-0.1, -0.05) is 0 Å². The standard InChI is InChI=1S/C11H13N7/c12-10-15-9(8-7-13-3-4-14-8)16-11(17-10)18-5-1-2-6-18/h3-4,7H,1-2,5-6H2,(H2,12,15,16,17). The molecule has 2 N–H and O–H groups in total. The third-order valence-corrected chi connectivity index (χ3v) is 2.82. The van der Waals surface area contributed by atoms with E-state index in [0.29, 0.717) is 17.5 Å². The minimum Gasteiger partial charge on any atom is -0.368 e. The van der Waals surface area contributed by atoms with Crippen molar-refractivity contribution in [1.29, 1.82) is 0 Å². The van der Waals surface area contributed by atoms with Crippen LogP contribution in [0.1, 0.15) is 12.8 Å². The van der Waals surface area contributed by atoms with Gasteiger partial charge in [-0.15, -0.1) is 0 Å². The largest absolute Gasteiger partial charge is 0.368 e. The van der Waals surface area contributed by atoms with Crippen molar-refractivity contribution in [2.24, 2.45) is 0 Å². The Morgan fingerprint density at radius 3 is 2.61 bits per heavy atom. The highest BCUT2D eigenvalue weighted by Gasteiger charge is 2.17. The summed E-state index contributed by atoms with van der Waals surface area (Å²) >= 11 is 0. The molecule has 7 nitrogen and oxygen atoms in total. The quantitative estimate of drug-likeness (QED) is 0.821. The van der Waals surface area contributed by atoms with Crippen LogP contribution >= 0.6 is 0 Å². The summed E-state index contributed by atoms with van der Waals surface area (Å²) in [5, 5.41) is 0. The lowest BCUT2D eigenvalue weighted by Crippen LogP contribution is -2.21. The van der Waals surface area contributed by atoms with E-state index < -0.39 is 0 Å². The highest BCUT2D eigenvalue weighted by Crippen LogP contribution is 2.19. The fraction of sp³-hybridized carbons (Fsp3) is 0.364. The molecule has 0 radical (unpaired) electrons. The zero-order chi connectivity index (χ0) is 12.4. The molecule has 0 spiro atoms. The number of nitrogens with two attached hydrogens (primary N) is 1. The van der Waals surface area contributed by atoms with Crippen LogP contribution in [-0.4, -0.2) is 38.0 Å². The van der Waals surface area contributed by atoms with Crippen LogP contribution in [-0.2, 0) is 0 Å². The fourth-order valence-electron chi connectivity index (χ4n) is 1.97. The number of rotatable bonds is 2. The number of aromatic nitrogens is 5. The molecule has 1 aliphatic heterocycles. The van der Waals surface area contributed by atoms with Gasteiger partial charge in [0.1, 0.15) is 5.69 Å². The molecule has 0 unspecified atom stereocenters. The van der Waals surface area contributed by atoms with Crippen molar-refractivity contribution in [1.82, 2.24) is 24.9 Å². The Morgan fingerprint density at radius 2 is 1.89 bits per heavy atom. The highest BCUT2D eigenvalue weighted by atomic mass is 15.3. The number of hydrogen-bond acceptors (Lipinski definition) is 7. The van der Waals surface area contributed by atoms with Gasteiger partial charge in [-0.05, 0) is 12.8 Å². The first-order valence-electron chi connectivity index (χ1n) is 5.86. The molecule has 2 aromatic heterocycles. The number of hydrogen-bond donors (Lipinski definition) is 1. The van der Waals surface area contributed by atoms with E-state index in [-0.39, 0.29) is 5.95 Å². The van der Waals surface area contributed by atoms with Gasteiger partial charge in [0.15, 0.2) is 5.82 Å². The second-order valence-electron chi connectivity index (χ2n) is 4.10. The molecule has 2 aromatic rings. The van der Waals surface area contributed by atoms with Crippen LogP contribution in [0.3, 0.4) is 0 Å². The number of anilines is 2. The summed E-state index contributed by atoms with van der Waals surface area (Å²) in [6, 6.07) is 0. The van der Waals surface area contributed by atoms with E-state index in [1.54, 1.807) is 18.6 Å². The zero-order valence-electron chi connectivity index (χ0n) is 9.82. The molecule has 0 bridgehead atoms. The minimum atomic E-state index is 0.215. The van der Waals surface area contributed by atoms with Crippen molar-refractivity contribution in [3.05, 3.63) is 18.6 Å². The maximum absolute atomic E-state index is 5.73. The van der Waals surface area contributed by atoms with Gasteiger partial charge in [-0.25, -0.2) is 4.98 Å². The van der Waals surface area contributed by atoms with Gasteiger partial charge in [-0.2, -0.15) is 15.0 Å². The molecular weight excluding hydrogens is 230 g/mol. The summed E-state index contributed by atoms with van der Waals surface area (Å²) < 4.78 is 0. The maximum Gasteiger partial charge on any atom is 0.230 e. The Morgan fingerprint density at radius 1 is 1.06 bits per heavy atom. The third kappa shape index (κ3) is 2.06. The normalized spacial score (nSPS) is 15.0. The summed E-state index contributed by atoms with van der Waals surface area (Å²) in [5.74, 6) is 1.31. The van der Waals surface area contributed by atoms with Gasteiger partial charge in [0, 0.05) is 25.5 Å². The van der Waals surface area contributed by atoms with Crippen LogP contribution in [0.25, 0.3) is 11.5 Å². The van der Waals surface area contributed by atoms with Crippen molar-refractivity contribution in [2.75, 3.05) is 23.7 Å². The van der Waals surface area contributed by atoms with Crippen molar-refractivity contribution in [3.8, 4) is 11.5 Å². The third-order valence-electron chi connectivity index (χ3n) is 2.82. The molecule has 1 fully saturated rings. The molecule has 18 heavy (non-hydrogen) atoms.